The number of nitrogens with zero attached hydrogens (tertiary/aromatic N) is 3. The molecule has 6 rings (SSSR count). The highest BCUT2D eigenvalue weighted by atomic mass is 32.1. The number of anilines is 1. The van der Waals surface area contributed by atoms with Crippen molar-refractivity contribution < 1.29 is 29.3 Å². The van der Waals surface area contributed by atoms with E-state index in [1.807, 2.05) is 0 Å². The van der Waals surface area contributed by atoms with Gasteiger partial charge in [0.15, 0.2) is 5.13 Å². The van der Waals surface area contributed by atoms with Gasteiger partial charge in [0, 0.05) is 18.2 Å². The number of hydrogen-bond acceptors (Lipinski definition) is 8. The van der Waals surface area contributed by atoms with E-state index >= 15 is 0 Å². The molecular weight excluding hydrogens is 482 g/mol. The second-order valence-corrected chi connectivity index (χ2v) is 9.34. The minimum atomic E-state index is -1.08. The fourth-order valence-corrected chi connectivity index (χ4v) is 5.52. The molecule has 0 radical (unpaired) electrons. The molecule has 1 amide bonds. The average molecular weight is 500 g/mol. The Hall–Kier alpha value is -4.57. The van der Waals surface area contributed by atoms with Crippen molar-refractivity contribution in [3.8, 4) is 5.75 Å². The van der Waals surface area contributed by atoms with Crippen molar-refractivity contribution in [2.75, 3.05) is 11.5 Å². The lowest BCUT2D eigenvalue weighted by Crippen LogP contribution is -2.29. The number of pyridine rings is 1. The lowest BCUT2D eigenvalue weighted by atomic mass is 9.97. The van der Waals surface area contributed by atoms with Crippen LogP contribution in [-0.2, 0) is 16.0 Å². The number of benzene rings is 2. The molecule has 1 fully saturated rings. The summed E-state index contributed by atoms with van der Waals surface area (Å²) in [5, 5.41) is 20.8. The maximum Gasteiger partial charge on any atom is 0.335 e. The zero-order chi connectivity index (χ0) is 25.0. The van der Waals surface area contributed by atoms with Gasteiger partial charge in [-0.15, -0.1) is 0 Å². The van der Waals surface area contributed by atoms with Crippen molar-refractivity contribution in [1.82, 2.24) is 9.97 Å². The Balaban J connectivity index is 1.53. The van der Waals surface area contributed by atoms with Gasteiger partial charge in [-0.2, -0.15) is 0 Å². The molecule has 2 aliphatic heterocycles. The van der Waals surface area contributed by atoms with Gasteiger partial charge in [-0.05, 0) is 54.1 Å². The SMILES string of the molecule is O=C1C(=O)N(c2nc3ccc(C(=O)O)cc3s2)C(c2ccccn2)/C1=C(\O)c1ccc2c(c1)CCO2. The van der Waals surface area contributed by atoms with Gasteiger partial charge in [0.1, 0.15) is 17.6 Å². The Bertz CT molecular complexity index is 1610. The molecule has 2 aromatic carbocycles. The Kier molecular flexibility index (Phi) is 5.04. The molecule has 36 heavy (non-hydrogen) atoms. The summed E-state index contributed by atoms with van der Waals surface area (Å²) in [4.78, 5) is 48.1. The molecule has 178 valence electrons. The number of aliphatic hydroxyl groups is 1. The number of ether oxygens (including phenoxy) is 1. The number of carbonyl (C=O) groups is 3. The van der Waals surface area contributed by atoms with E-state index in [2.05, 4.69) is 9.97 Å². The van der Waals surface area contributed by atoms with Crippen LogP contribution < -0.4 is 9.64 Å². The van der Waals surface area contributed by atoms with Crippen molar-refractivity contribution in [2.24, 2.45) is 0 Å². The molecule has 0 spiro atoms. The first kappa shape index (κ1) is 21.9. The molecule has 10 heteroatoms. The molecule has 2 N–H and O–H groups in total. The van der Waals surface area contributed by atoms with E-state index in [4.69, 9.17) is 4.74 Å². The predicted molar refractivity (Wildman–Crippen MR) is 131 cm³/mol. The second-order valence-electron chi connectivity index (χ2n) is 8.33. The van der Waals surface area contributed by atoms with Crippen LogP contribution >= 0.6 is 11.3 Å². The van der Waals surface area contributed by atoms with Crippen LogP contribution in [0.3, 0.4) is 0 Å². The predicted octanol–water partition coefficient (Wildman–Crippen LogP) is 3.95. The normalized spacial score (nSPS) is 18.4. The number of aliphatic hydroxyl groups excluding tert-OH is 1. The fourth-order valence-electron chi connectivity index (χ4n) is 4.49. The number of carboxylic acid groups (broad SMARTS) is 1. The summed E-state index contributed by atoms with van der Waals surface area (Å²) in [6.07, 6.45) is 2.22. The van der Waals surface area contributed by atoms with Gasteiger partial charge in [-0.3, -0.25) is 19.5 Å². The quantitative estimate of drug-likeness (QED) is 0.245. The van der Waals surface area contributed by atoms with Crippen molar-refractivity contribution in [3.63, 3.8) is 0 Å². The summed E-state index contributed by atoms with van der Waals surface area (Å²) in [6.45, 7) is 0.541. The third kappa shape index (κ3) is 3.42. The molecule has 1 saturated heterocycles. The number of carboxylic acids is 1. The van der Waals surface area contributed by atoms with Crippen LogP contribution in [0.1, 0.15) is 33.2 Å². The third-order valence-corrected chi connectivity index (χ3v) is 7.22. The number of Topliss-reactive ketones (excluding diaryl/α,β-unsaturated/α-hetero) is 1. The van der Waals surface area contributed by atoms with Gasteiger partial charge in [0.05, 0.1) is 33.7 Å². The summed E-state index contributed by atoms with van der Waals surface area (Å²) in [7, 11) is 0. The van der Waals surface area contributed by atoms with Crippen LogP contribution in [0.4, 0.5) is 5.13 Å². The third-order valence-electron chi connectivity index (χ3n) is 6.21. The van der Waals surface area contributed by atoms with E-state index in [-0.39, 0.29) is 22.0 Å². The van der Waals surface area contributed by atoms with Gasteiger partial charge in [-0.25, -0.2) is 9.78 Å². The first-order valence-electron chi connectivity index (χ1n) is 11.0. The molecular formula is C26H17N3O6S. The van der Waals surface area contributed by atoms with E-state index < -0.39 is 23.7 Å². The van der Waals surface area contributed by atoms with Gasteiger partial charge in [0.2, 0.25) is 0 Å². The summed E-state index contributed by atoms with van der Waals surface area (Å²) >= 11 is 1.09. The van der Waals surface area contributed by atoms with Crippen molar-refractivity contribution in [2.45, 2.75) is 12.5 Å². The number of aromatic nitrogens is 2. The standard InChI is InChI=1S/C26H17N3O6S/c30-22(14-5-7-18-13(11-14)8-10-35-18)20-21(17-3-1-2-9-27-17)29(24(32)23(20)31)26-28-16-6-4-15(25(33)34)12-19(16)36-26/h1-7,9,11-12,21,30H,8,10H2,(H,33,34)/b22-20+. The summed E-state index contributed by atoms with van der Waals surface area (Å²) in [5.74, 6) is -2.38. The van der Waals surface area contributed by atoms with Gasteiger partial charge in [-0.1, -0.05) is 17.4 Å². The lowest BCUT2D eigenvalue weighted by Gasteiger charge is -2.22. The van der Waals surface area contributed by atoms with E-state index in [1.54, 1.807) is 48.7 Å². The van der Waals surface area contributed by atoms with E-state index in [0.717, 1.165) is 22.6 Å². The summed E-state index contributed by atoms with van der Waals surface area (Å²) < 4.78 is 6.08. The molecule has 2 aliphatic rings. The minimum absolute atomic E-state index is 0.0848. The van der Waals surface area contributed by atoms with Crippen molar-refractivity contribution in [3.05, 3.63) is 88.8 Å². The van der Waals surface area contributed by atoms with Crippen LogP contribution in [-0.4, -0.2) is 44.4 Å². The fraction of sp³-hybridized carbons (Fsp3) is 0.115. The molecule has 1 atom stereocenters. The molecule has 4 aromatic rings. The van der Waals surface area contributed by atoms with Crippen LogP contribution in [0, 0.1) is 0 Å². The highest BCUT2D eigenvalue weighted by molar-refractivity contribution is 7.22. The number of carbonyl (C=O) groups excluding carboxylic acids is 2. The molecule has 9 nitrogen and oxygen atoms in total. The number of aromatic carboxylic acids is 1. The number of ketones is 1. The van der Waals surface area contributed by atoms with Gasteiger partial charge < -0.3 is 14.9 Å². The second kappa shape index (κ2) is 8.28. The highest BCUT2D eigenvalue weighted by Gasteiger charge is 2.49. The lowest BCUT2D eigenvalue weighted by molar-refractivity contribution is -0.132. The Morgan fingerprint density at radius 1 is 1.06 bits per heavy atom. The summed E-state index contributed by atoms with van der Waals surface area (Å²) in [5.41, 5.74) is 2.16. The molecule has 1 unspecified atom stereocenters. The van der Waals surface area contributed by atoms with Crippen LogP contribution in [0.5, 0.6) is 5.75 Å². The molecule has 4 heterocycles. The zero-order valence-electron chi connectivity index (χ0n) is 18.5. The molecule has 0 saturated carbocycles. The minimum Gasteiger partial charge on any atom is -0.507 e. The van der Waals surface area contributed by atoms with Crippen molar-refractivity contribution in [1.29, 1.82) is 0 Å². The Morgan fingerprint density at radius 3 is 2.67 bits per heavy atom. The Labute approximate surface area is 207 Å². The number of amides is 1. The van der Waals surface area contributed by atoms with Crippen LogP contribution in [0.15, 0.2) is 66.4 Å². The Morgan fingerprint density at radius 2 is 1.89 bits per heavy atom. The van der Waals surface area contributed by atoms with Crippen LogP contribution in [0.25, 0.3) is 16.0 Å². The maximum absolute atomic E-state index is 13.3. The number of thiazole rings is 1. The zero-order valence-corrected chi connectivity index (χ0v) is 19.4. The molecule has 0 bridgehead atoms. The van der Waals surface area contributed by atoms with Crippen molar-refractivity contribution >= 4 is 50.1 Å². The maximum atomic E-state index is 13.3. The smallest absolute Gasteiger partial charge is 0.335 e. The van der Waals surface area contributed by atoms with Gasteiger partial charge in [0.25, 0.3) is 5.78 Å². The first-order valence-corrected chi connectivity index (χ1v) is 11.9. The average Bonchev–Trinajstić information content (AvgIpc) is 3.59. The van der Waals surface area contributed by atoms with E-state index in [0.29, 0.717) is 34.5 Å². The highest BCUT2D eigenvalue weighted by Crippen LogP contribution is 2.44. The van der Waals surface area contributed by atoms with Gasteiger partial charge >= 0.3 is 11.9 Å². The van der Waals surface area contributed by atoms with E-state index in [1.165, 1.54) is 17.0 Å². The molecule has 0 aliphatic carbocycles. The number of rotatable bonds is 4. The monoisotopic (exact) mass is 499 g/mol. The summed E-state index contributed by atoms with van der Waals surface area (Å²) in [6, 6.07) is 13.7. The van der Waals surface area contributed by atoms with Crippen LogP contribution in [0.2, 0.25) is 0 Å². The molecule has 2 aromatic heterocycles. The van der Waals surface area contributed by atoms with E-state index in [9.17, 15) is 24.6 Å². The number of fused-ring (bicyclic) bond motifs is 2. The topological polar surface area (TPSA) is 130 Å². The number of hydrogen-bond donors (Lipinski definition) is 2. The largest absolute Gasteiger partial charge is 0.507 e. The first-order chi connectivity index (χ1) is 17.4.